The van der Waals surface area contributed by atoms with Crippen LogP contribution >= 0.6 is 0 Å². The van der Waals surface area contributed by atoms with Gasteiger partial charge in [0.25, 0.3) is 10.0 Å². The molecule has 1 unspecified atom stereocenters. The zero-order valence-electron chi connectivity index (χ0n) is 12.4. The van der Waals surface area contributed by atoms with Crippen LogP contribution in [0.5, 0.6) is 0 Å². The van der Waals surface area contributed by atoms with Crippen LogP contribution in [0, 0.1) is 0 Å². The number of hydrogen-bond acceptors (Lipinski definition) is 5. The van der Waals surface area contributed by atoms with Gasteiger partial charge in [0.15, 0.2) is 5.03 Å². The first kappa shape index (κ1) is 16.4. The average molecular weight is 316 g/mol. The van der Waals surface area contributed by atoms with Crippen molar-refractivity contribution in [3.63, 3.8) is 0 Å². The second-order valence-electron chi connectivity index (χ2n) is 5.18. The average Bonchev–Trinajstić information content (AvgIpc) is 2.95. The van der Waals surface area contributed by atoms with Gasteiger partial charge >= 0.3 is 0 Å². The van der Waals surface area contributed by atoms with Gasteiger partial charge in [0.05, 0.1) is 12.3 Å². The molecule has 0 spiro atoms. The number of ether oxygens (including phenoxy) is 1. The monoisotopic (exact) mass is 316 g/mol. The van der Waals surface area contributed by atoms with E-state index in [2.05, 4.69) is 20.2 Å². The van der Waals surface area contributed by atoms with Crippen molar-refractivity contribution in [3.05, 3.63) is 11.8 Å². The SMILES string of the molecule is CCNCc1cn[nH]c1S(=O)(=O)NCCC1CCCCO1. The standard InChI is InChI=1S/C13H24N4O3S/c1-2-14-9-11-10-15-17-13(11)21(18,19)16-7-6-12-5-3-4-8-20-12/h10,12,14,16H,2-9H2,1H3,(H,15,17). The van der Waals surface area contributed by atoms with Crippen molar-refractivity contribution in [2.24, 2.45) is 0 Å². The summed E-state index contributed by atoms with van der Waals surface area (Å²) in [6.45, 7) is 4.39. The number of nitrogens with zero attached hydrogens (tertiary/aromatic N) is 1. The normalized spacial score (nSPS) is 19.8. The molecule has 1 fully saturated rings. The maximum Gasteiger partial charge on any atom is 0.257 e. The third-order valence-corrected chi connectivity index (χ3v) is 5.02. The van der Waals surface area contributed by atoms with Crippen molar-refractivity contribution in [2.45, 2.75) is 50.3 Å². The Morgan fingerprint density at radius 1 is 1.48 bits per heavy atom. The summed E-state index contributed by atoms with van der Waals surface area (Å²) in [4.78, 5) is 0. The second-order valence-corrected chi connectivity index (χ2v) is 6.88. The number of aromatic nitrogens is 2. The summed E-state index contributed by atoms with van der Waals surface area (Å²) >= 11 is 0. The first-order valence-electron chi connectivity index (χ1n) is 7.47. The van der Waals surface area contributed by atoms with E-state index >= 15 is 0 Å². The van der Waals surface area contributed by atoms with E-state index in [-0.39, 0.29) is 11.1 Å². The zero-order valence-corrected chi connectivity index (χ0v) is 13.2. The van der Waals surface area contributed by atoms with E-state index in [1.54, 1.807) is 6.20 Å². The highest BCUT2D eigenvalue weighted by atomic mass is 32.2. The molecule has 1 aromatic rings. The predicted octanol–water partition coefficient (Wildman–Crippen LogP) is 0.757. The highest BCUT2D eigenvalue weighted by Gasteiger charge is 2.21. The number of rotatable bonds is 8. The van der Waals surface area contributed by atoms with Gasteiger partial charge < -0.3 is 10.1 Å². The molecule has 0 aromatic carbocycles. The first-order valence-corrected chi connectivity index (χ1v) is 8.96. The van der Waals surface area contributed by atoms with Crippen LogP contribution in [0.1, 0.15) is 38.2 Å². The lowest BCUT2D eigenvalue weighted by Crippen LogP contribution is -2.30. The topological polar surface area (TPSA) is 96.1 Å². The highest BCUT2D eigenvalue weighted by molar-refractivity contribution is 7.89. The lowest BCUT2D eigenvalue weighted by molar-refractivity contribution is 0.0123. The molecule has 0 amide bonds. The number of sulfonamides is 1. The van der Waals surface area contributed by atoms with Crippen LogP contribution in [0.15, 0.2) is 11.2 Å². The van der Waals surface area contributed by atoms with E-state index in [0.29, 0.717) is 25.1 Å². The van der Waals surface area contributed by atoms with Gasteiger partial charge in [0, 0.05) is 25.3 Å². The summed E-state index contributed by atoms with van der Waals surface area (Å²) in [5, 5.41) is 9.65. The Bertz CT molecular complexity index is 523. The molecule has 1 aliphatic rings. The largest absolute Gasteiger partial charge is 0.378 e. The molecule has 0 bridgehead atoms. The predicted molar refractivity (Wildman–Crippen MR) is 79.4 cm³/mol. The van der Waals surface area contributed by atoms with Crippen LogP contribution < -0.4 is 10.0 Å². The summed E-state index contributed by atoms with van der Waals surface area (Å²) < 4.78 is 32.7. The fourth-order valence-corrected chi connectivity index (χ4v) is 3.55. The zero-order chi connectivity index (χ0) is 15.1. The van der Waals surface area contributed by atoms with Gasteiger partial charge in [-0.1, -0.05) is 6.92 Å². The van der Waals surface area contributed by atoms with Gasteiger partial charge in [-0.15, -0.1) is 0 Å². The summed E-state index contributed by atoms with van der Waals surface area (Å²) in [5.74, 6) is 0. The van der Waals surface area contributed by atoms with E-state index in [9.17, 15) is 8.42 Å². The Morgan fingerprint density at radius 2 is 2.33 bits per heavy atom. The maximum absolute atomic E-state index is 12.3. The van der Waals surface area contributed by atoms with Crippen LogP contribution in [-0.2, 0) is 21.3 Å². The third kappa shape index (κ3) is 4.77. The Kier molecular flexibility index (Phi) is 6.16. The highest BCUT2D eigenvalue weighted by Crippen LogP contribution is 2.16. The molecular formula is C13H24N4O3S. The molecule has 120 valence electrons. The molecule has 1 saturated heterocycles. The van der Waals surface area contributed by atoms with Gasteiger partial charge in [0.2, 0.25) is 0 Å². The molecule has 2 rings (SSSR count). The van der Waals surface area contributed by atoms with E-state index < -0.39 is 10.0 Å². The van der Waals surface area contributed by atoms with E-state index in [1.165, 1.54) is 0 Å². The van der Waals surface area contributed by atoms with Crippen molar-refractivity contribution in [1.82, 2.24) is 20.2 Å². The number of aromatic amines is 1. The van der Waals surface area contributed by atoms with Gasteiger partial charge in [-0.25, -0.2) is 13.1 Å². The quantitative estimate of drug-likeness (QED) is 0.658. The van der Waals surface area contributed by atoms with Crippen molar-refractivity contribution in [1.29, 1.82) is 0 Å². The van der Waals surface area contributed by atoms with E-state index in [4.69, 9.17) is 4.74 Å². The van der Waals surface area contributed by atoms with Crippen LogP contribution in [0.4, 0.5) is 0 Å². The molecule has 2 heterocycles. The molecule has 0 radical (unpaired) electrons. The Morgan fingerprint density at radius 3 is 3.05 bits per heavy atom. The lowest BCUT2D eigenvalue weighted by Gasteiger charge is -2.22. The maximum atomic E-state index is 12.3. The van der Waals surface area contributed by atoms with Crippen LogP contribution in [0.25, 0.3) is 0 Å². The summed E-state index contributed by atoms with van der Waals surface area (Å²) in [6, 6.07) is 0. The smallest absolute Gasteiger partial charge is 0.257 e. The van der Waals surface area contributed by atoms with Gasteiger partial charge in [-0.05, 0) is 32.2 Å². The Balaban J connectivity index is 1.87. The molecule has 8 heteroatoms. The van der Waals surface area contributed by atoms with Gasteiger partial charge in [0.1, 0.15) is 0 Å². The summed E-state index contributed by atoms with van der Waals surface area (Å²) in [6.07, 6.45) is 5.69. The van der Waals surface area contributed by atoms with Gasteiger partial charge in [-0.2, -0.15) is 5.10 Å². The summed E-state index contributed by atoms with van der Waals surface area (Å²) in [7, 11) is -3.54. The molecule has 7 nitrogen and oxygen atoms in total. The molecule has 0 aliphatic carbocycles. The Labute approximate surface area is 125 Å². The fourth-order valence-electron chi connectivity index (χ4n) is 2.38. The number of H-pyrrole nitrogens is 1. The molecule has 1 aliphatic heterocycles. The first-order chi connectivity index (χ1) is 10.1. The molecule has 1 aromatic heterocycles. The van der Waals surface area contributed by atoms with Crippen molar-refractivity contribution >= 4 is 10.0 Å². The van der Waals surface area contributed by atoms with Crippen LogP contribution in [0.2, 0.25) is 0 Å². The lowest BCUT2D eigenvalue weighted by atomic mass is 10.1. The molecule has 1 atom stereocenters. The minimum absolute atomic E-state index is 0.146. The minimum atomic E-state index is -3.54. The fraction of sp³-hybridized carbons (Fsp3) is 0.769. The van der Waals surface area contributed by atoms with Crippen LogP contribution in [-0.4, -0.2) is 44.4 Å². The summed E-state index contributed by atoms with van der Waals surface area (Å²) in [5.41, 5.74) is 0.651. The van der Waals surface area contributed by atoms with Crippen molar-refractivity contribution in [3.8, 4) is 0 Å². The minimum Gasteiger partial charge on any atom is -0.378 e. The van der Waals surface area contributed by atoms with E-state index in [0.717, 1.165) is 32.4 Å². The van der Waals surface area contributed by atoms with Crippen molar-refractivity contribution < 1.29 is 13.2 Å². The van der Waals surface area contributed by atoms with Crippen molar-refractivity contribution in [2.75, 3.05) is 19.7 Å². The molecular weight excluding hydrogens is 292 g/mol. The molecule has 0 saturated carbocycles. The molecule has 21 heavy (non-hydrogen) atoms. The van der Waals surface area contributed by atoms with E-state index in [1.807, 2.05) is 6.92 Å². The molecule has 3 N–H and O–H groups in total. The third-order valence-electron chi connectivity index (χ3n) is 3.54. The number of nitrogens with one attached hydrogen (secondary N) is 3. The number of hydrogen-bond donors (Lipinski definition) is 3. The Hall–Kier alpha value is -0.960. The van der Waals surface area contributed by atoms with Gasteiger partial charge in [-0.3, -0.25) is 5.10 Å². The van der Waals surface area contributed by atoms with Crippen LogP contribution in [0.3, 0.4) is 0 Å². The second kappa shape index (κ2) is 7.88.